The fourth-order valence-electron chi connectivity index (χ4n) is 4.66. The van der Waals surface area contributed by atoms with Crippen LogP contribution in [0.1, 0.15) is 39.4 Å². The molecule has 0 unspecified atom stereocenters. The minimum Gasteiger partial charge on any atom is -0.497 e. The van der Waals surface area contributed by atoms with E-state index in [4.69, 9.17) is 14.2 Å². The Morgan fingerprint density at radius 3 is 2.60 bits per heavy atom. The normalized spacial score (nSPS) is 17.6. The Balaban J connectivity index is 1.50. The van der Waals surface area contributed by atoms with Crippen molar-refractivity contribution in [3.05, 3.63) is 105 Å². The van der Waals surface area contributed by atoms with Crippen LogP contribution < -0.4 is 19.8 Å². The standard InChI is InChI=1S/C28H19NO6/c1-33-17-8-7-16-12-20(28(32)29-21(16)13-17)19-14-24(30)34-22-10-9-18-26(31)23(35-27(18)25(19)22)11-15-5-3-2-4-6-15/h2-13,19H,14H2,1H3,(H,29,32)/b23-11-/t19-/m0/s1. The third kappa shape index (κ3) is 3.49. The maximum Gasteiger partial charge on any atom is 0.312 e. The highest BCUT2D eigenvalue weighted by Crippen LogP contribution is 2.48. The molecule has 3 heterocycles. The highest BCUT2D eigenvalue weighted by atomic mass is 16.5. The Morgan fingerprint density at radius 2 is 1.80 bits per heavy atom. The molecule has 1 atom stereocenters. The molecule has 172 valence electrons. The van der Waals surface area contributed by atoms with Gasteiger partial charge in [-0.05, 0) is 47.4 Å². The van der Waals surface area contributed by atoms with Crippen LogP contribution in [0.4, 0.5) is 0 Å². The predicted octanol–water partition coefficient (Wildman–Crippen LogP) is 4.59. The van der Waals surface area contributed by atoms with Crippen LogP contribution in [0.15, 0.2) is 77.3 Å². The largest absolute Gasteiger partial charge is 0.497 e. The van der Waals surface area contributed by atoms with Gasteiger partial charge in [0.2, 0.25) is 5.78 Å². The van der Waals surface area contributed by atoms with E-state index in [9.17, 15) is 14.4 Å². The highest BCUT2D eigenvalue weighted by molar-refractivity contribution is 6.15. The Morgan fingerprint density at radius 1 is 0.971 bits per heavy atom. The lowest BCUT2D eigenvalue weighted by molar-refractivity contribution is -0.135. The number of benzene rings is 3. The molecule has 1 N–H and O–H groups in total. The van der Waals surface area contributed by atoms with Gasteiger partial charge in [0.1, 0.15) is 17.2 Å². The Hall–Kier alpha value is -4.65. The molecule has 0 amide bonds. The first-order valence-electron chi connectivity index (χ1n) is 11.1. The number of ketones is 1. The fourth-order valence-corrected chi connectivity index (χ4v) is 4.66. The number of hydrogen-bond acceptors (Lipinski definition) is 6. The Kier molecular flexibility index (Phi) is 4.77. The summed E-state index contributed by atoms with van der Waals surface area (Å²) in [5, 5.41) is 0.787. The maximum atomic E-state index is 13.2. The van der Waals surface area contributed by atoms with E-state index >= 15 is 0 Å². The number of methoxy groups -OCH3 is 1. The number of carbonyl (C=O) groups is 2. The first-order chi connectivity index (χ1) is 17.0. The molecule has 35 heavy (non-hydrogen) atoms. The second-order valence-corrected chi connectivity index (χ2v) is 8.44. The van der Waals surface area contributed by atoms with Crippen molar-refractivity contribution in [2.45, 2.75) is 12.3 Å². The van der Waals surface area contributed by atoms with Crippen LogP contribution in [0, 0.1) is 0 Å². The van der Waals surface area contributed by atoms with E-state index in [-0.39, 0.29) is 29.3 Å². The zero-order valence-corrected chi connectivity index (χ0v) is 18.7. The van der Waals surface area contributed by atoms with Gasteiger partial charge in [0, 0.05) is 23.1 Å². The van der Waals surface area contributed by atoms with Crippen LogP contribution >= 0.6 is 0 Å². The minimum atomic E-state index is -0.639. The monoisotopic (exact) mass is 465 g/mol. The number of H-pyrrole nitrogens is 1. The minimum absolute atomic E-state index is 0.0521. The number of Topliss-reactive ketones (excluding diaryl/α,β-unsaturated/α-hetero) is 1. The summed E-state index contributed by atoms with van der Waals surface area (Å²) in [5.41, 5.74) is 2.39. The summed E-state index contributed by atoms with van der Waals surface area (Å²) in [4.78, 5) is 41.6. The van der Waals surface area contributed by atoms with Crippen molar-refractivity contribution in [1.82, 2.24) is 4.98 Å². The van der Waals surface area contributed by atoms with Crippen molar-refractivity contribution in [3.8, 4) is 17.2 Å². The number of fused-ring (bicyclic) bond motifs is 4. The van der Waals surface area contributed by atoms with Crippen molar-refractivity contribution in [3.63, 3.8) is 0 Å². The summed E-state index contributed by atoms with van der Waals surface area (Å²) in [6, 6.07) is 19.7. The van der Waals surface area contributed by atoms with Crippen LogP contribution in [0.5, 0.6) is 17.2 Å². The number of carbonyl (C=O) groups excluding carboxylic acids is 2. The van der Waals surface area contributed by atoms with E-state index in [1.165, 1.54) is 0 Å². The van der Waals surface area contributed by atoms with Gasteiger partial charge in [-0.3, -0.25) is 14.4 Å². The summed E-state index contributed by atoms with van der Waals surface area (Å²) < 4.78 is 16.8. The smallest absolute Gasteiger partial charge is 0.312 e. The third-order valence-electron chi connectivity index (χ3n) is 6.33. The lowest BCUT2D eigenvalue weighted by atomic mass is 9.85. The number of aromatic nitrogens is 1. The first kappa shape index (κ1) is 20.9. The molecule has 3 aromatic carbocycles. The van der Waals surface area contributed by atoms with Crippen molar-refractivity contribution >= 4 is 28.7 Å². The molecular formula is C28H19NO6. The van der Waals surface area contributed by atoms with Crippen LogP contribution in [-0.2, 0) is 4.79 Å². The van der Waals surface area contributed by atoms with Crippen LogP contribution in [0.3, 0.4) is 0 Å². The molecular weight excluding hydrogens is 446 g/mol. The lowest BCUT2D eigenvalue weighted by Gasteiger charge is -2.26. The molecule has 0 aliphatic carbocycles. The molecule has 0 fully saturated rings. The zero-order valence-electron chi connectivity index (χ0n) is 18.7. The number of nitrogens with one attached hydrogen (secondary N) is 1. The van der Waals surface area contributed by atoms with Gasteiger partial charge < -0.3 is 19.2 Å². The van der Waals surface area contributed by atoms with Gasteiger partial charge in [-0.25, -0.2) is 0 Å². The topological polar surface area (TPSA) is 94.7 Å². The number of rotatable bonds is 3. The van der Waals surface area contributed by atoms with Gasteiger partial charge in [0.15, 0.2) is 5.76 Å². The van der Waals surface area contributed by atoms with Crippen molar-refractivity contribution in [1.29, 1.82) is 0 Å². The number of esters is 1. The lowest BCUT2D eigenvalue weighted by Crippen LogP contribution is -2.26. The molecule has 0 saturated heterocycles. The molecule has 0 bridgehead atoms. The van der Waals surface area contributed by atoms with Gasteiger partial charge in [0.25, 0.3) is 5.56 Å². The van der Waals surface area contributed by atoms with E-state index in [2.05, 4.69) is 4.98 Å². The quantitative estimate of drug-likeness (QED) is 0.270. The molecule has 2 aliphatic rings. The Labute approximate surface area is 199 Å². The van der Waals surface area contributed by atoms with E-state index < -0.39 is 11.9 Å². The molecule has 0 spiro atoms. The number of pyridine rings is 1. The summed E-state index contributed by atoms with van der Waals surface area (Å²) in [6.07, 6.45) is 1.62. The van der Waals surface area contributed by atoms with E-state index in [1.54, 1.807) is 43.5 Å². The predicted molar refractivity (Wildman–Crippen MR) is 129 cm³/mol. The number of ether oxygens (including phenoxy) is 3. The number of allylic oxidation sites excluding steroid dienone is 1. The van der Waals surface area contributed by atoms with E-state index in [1.807, 2.05) is 36.4 Å². The summed E-state index contributed by atoms with van der Waals surface area (Å²) >= 11 is 0. The van der Waals surface area contributed by atoms with Gasteiger partial charge in [-0.2, -0.15) is 0 Å². The highest BCUT2D eigenvalue weighted by Gasteiger charge is 2.39. The van der Waals surface area contributed by atoms with Gasteiger partial charge >= 0.3 is 5.97 Å². The van der Waals surface area contributed by atoms with Crippen LogP contribution in [0.25, 0.3) is 17.0 Å². The molecule has 1 aromatic heterocycles. The molecule has 2 aliphatic heterocycles. The average molecular weight is 465 g/mol. The van der Waals surface area contributed by atoms with Gasteiger partial charge in [-0.1, -0.05) is 30.3 Å². The number of aromatic amines is 1. The molecule has 6 rings (SSSR count). The van der Waals surface area contributed by atoms with Crippen molar-refractivity contribution in [2.24, 2.45) is 0 Å². The Bertz CT molecular complexity index is 1620. The second-order valence-electron chi connectivity index (χ2n) is 8.44. The molecule has 7 heteroatoms. The summed E-state index contributed by atoms with van der Waals surface area (Å²) in [7, 11) is 1.56. The summed E-state index contributed by atoms with van der Waals surface area (Å²) in [6.45, 7) is 0. The van der Waals surface area contributed by atoms with Gasteiger partial charge in [-0.15, -0.1) is 0 Å². The van der Waals surface area contributed by atoms with Crippen LogP contribution in [-0.4, -0.2) is 23.8 Å². The van der Waals surface area contributed by atoms with Crippen molar-refractivity contribution in [2.75, 3.05) is 7.11 Å². The third-order valence-corrected chi connectivity index (χ3v) is 6.33. The summed E-state index contributed by atoms with van der Waals surface area (Å²) in [5.74, 6) is 0.0438. The second kappa shape index (κ2) is 7.99. The molecule has 7 nitrogen and oxygen atoms in total. The van der Waals surface area contributed by atoms with Crippen LogP contribution in [0.2, 0.25) is 0 Å². The zero-order chi connectivity index (χ0) is 24.1. The average Bonchev–Trinajstić information content (AvgIpc) is 3.18. The fraction of sp³-hybridized carbons (Fsp3) is 0.107. The molecule has 4 aromatic rings. The molecule has 0 saturated carbocycles. The maximum absolute atomic E-state index is 13.2. The van der Waals surface area contributed by atoms with E-state index in [0.717, 1.165) is 10.9 Å². The molecule has 0 radical (unpaired) electrons. The van der Waals surface area contributed by atoms with E-state index in [0.29, 0.717) is 33.7 Å². The van der Waals surface area contributed by atoms with Gasteiger partial charge in [0.05, 0.1) is 24.6 Å². The van der Waals surface area contributed by atoms with Crippen molar-refractivity contribution < 1.29 is 23.8 Å². The SMILES string of the molecule is COc1ccc2cc([C@@H]3CC(=O)Oc4ccc5c(c43)O/C(=C\c3ccccc3)C5=O)c(=O)[nH]c2c1. The number of hydrogen-bond donors (Lipinski definition) is 1. The first-order valence-corrected chi connectivity index (χ1v) is 11.1.